The molecule has 2 aliphatic rings. The third-order valence-corrected chi connectivity index (χ3v) is 3.33. The summed E-state index contributed by atoms with van der Waals surface area (Å²) in [6.07, 6.45) is 13.3. The van der Waals surface area contributed by atoms with Crippen LogP contribution >= 0.6 is 0 Å². The monoisotopic (exact) mass is 204 g/mol. The Labute approximate surface area is 94.8 Å². The van der Waals surface area contributed by atoms with E-state index in [1.807, 2.05) is 0 Å². The second kappa shape index (κ2) is 4.38. The summed E-state index contributed by atoms with van der Waals surface area (Å²) in [5.41, 5.74) is 3.42. The van der Waals surface area contributed by atoms with E-state index < -0.39 is 0 Å². The maximum atomic E-state index is 2.46. The number of hydrogen-bond donors (Lipinski definition) is 0. The molecule has 1 atom stereocenters. The van der Waals surface area contributed by atoms with Gasteiger partial charge in [-0.3, -0.25) is 0 Å². The smallest absolute Gasteiger partial charge is 0.00134 e. The molecule has 0 aliphatic heterocycles. The van der Waals surface area contributed by atoms with Crippen molar-refractivity contribution in [2.45, 2.75) is 47.5 Å². The largest absolute Gasteiger partial charge is 0.0776 e. The van der Waals surface area contributed by atoms with Crippen LogP contribution in [0.5, 0.6) is 0 Å². The van der Waals surface area contributed by atoms with Gasteiger partial charge in [-0.25, -0.2) is 0 Å². The van der Waals surface area contributed by atoms with E-state index in [0.29, 0.717) is 0 Å². The first-order valence-electron chi connectivity index (χ1n) is 5.70. The number of rotatable bonds is 0. The van der Waals surface area contributed by atoms with Crippen molar-refractivity contribution in [1.82, 2.24) is 0 Å². The fourth-order valence-electron chi connectivity index (χ4n) is 2.54. The molecule has 0 heteroatoms. The molecule has 0 aromatic rings. The van der Waals surface area contributed by atoms with Crippen LogP contribution in [0.15, 0.2) is 35.5 Å². The van der Waals surface area contributed by atoms with Crippen LogP contribution in [0.4, 0.5) is 0 Å². The van der Waals surface area contributed by atoms with E-state index in [1.54, 1.807) is 11.1 Å². The third-order valence-electron chi connectivity index (χ3n) is 3.33. The van der Waals surface area contributed by atoms with Gasteiger partial charge >= 0.3 is 0 Å². The molecular formula is C15H24. The van der Waals surface area contributed by atoms with Crippen LogP contribution in [0.3, 0.4) is 0 Å². The van der Waals surface area contributed by atoms with Gasteiger partial charge in [-0.2, -0.15) is 0 Å². The number of fused-ring (bicyclic) bond motifs is 1. The van der Waals surface area contributed by atoms with Gasteiger partial charge in [0, 0.05) is 5.41 Å². The topological polar surface area (TPSA) is 0 Å². The van der Waals surface area contributed by atoms with Crippen LogP contribution in [0, 0.1) is 11.3 Å². The minimum absolute atomic E-state index is 0. The fraction of sp³-hybridized carbons (Fsp3) is 0.600. The Hall–Kier alpha value is -0.780. The van der Waals surface area contributed by atoms with Gasteiger partial charge in [0.15, 0.2) is 0 Å². The second-order valence-electron chi connectivity index (χ2n) is 5.27. The molecule has 1 unspecified atom stereocenters. The summed E-state index contributed by atoms with van der Waals surface area (Å²) in [7, 11) is 0. The van der Waals surface area contributed by atoms with Crippen molar-refractivity contribution in [2.75, 3.05) is 0 Å². The Morgan fingerprint density at radius 3 is 2.80 bits per heavy atom. The highest BCUT2D eigenvalue weighted by Gasteiger charge is 2.22. The normalized spacial score (nSPS) is 28.1. The first kappa shape index (κ1) is 12.3. The Morgan fingerprint density at radius 2 is 2.07 bits per heavy atom. The number of hydrogen-bond acceptors (Lipinski definition) is 0. The molecule has 0 spiro atoms. The molecule has 0 N–H and O–H groups in total. The first-order chi connectivity index (χ1) is 6.58. The maximum Gasteiger partial charge on any atom is 0.00134 e. The highest BCUT2D eigenvalue weighted by atomic mass is 14.3. The molecule has 0 nitrogen and oxygen atoms in total. The van der Waals surface area contributed by atoms with Crippen molar-refractivity contribution in [3.8, 4) is 0 Å². The van der Waals surface area contributed by atoms with Gasteiger partial charge in [0.25, 0.3) is 0 Å². The lowest BCUT2D eigenvalue weighted by Crippen LogP contribution is -2.11. The standard InChI is InChI=1S/C14H20.CH4/c1-11-6-4-7-12-10-14(2,3)9-5-8-13(11)12;/h5,8-11H,4,6-7H2,1-3H3;1H4. The predicted octanol–water partition coefficient (Wildman–Crippen LogP) is 4.89. The van der Waals surface area contributed by atoms with Gasteiger partial charge in [0.05, 0.1) is 0 Å². The third kappa shape index (κ3) is 2.62. The summed E-state index contributed by atoms with van der Waals surface area (Å²) >= 11 is 0. The summed E-state index contributed by atoms with van der Waals surface area (Å²) in [6.45, 7) is 6.92. The molecule has 2 rings (SSSR count). The van der Waals surface area contributed by atoms with Gasteiger partial charge in [0.2, 0.25) is 0 Å². The molecule has 0 radical (unpaired) electrons. The van der Waals surface area contributed by atoms with Gasteiger partial charge in [-0.05, 0) is 36.3 Å². The molecular weight excluding hydrogens is 180 g/mol. The van der Waals surface area contributed by atoms with Crippen molar-refractivity contribution >= 4 is 0 Å². The molecule has 0 aromatic carbocycles. The summed E-state index contributed by atoms with van der Waals surface area (Å²) in [5.74, 6) is 0.758. The van der Waals surface area contributed by atoms with Crippen LogP contribution in [-0.2, 0) is 0 Å². The van der Waals surface area contributed by atoms with E-state index >= 15 is 0 Å². The van der Waals surface area contributed by atoms with E-state index in [9.17, 15) is 0 Å². The summed E-state index contributed by atoms with van der Waals surface area (Å²) in [4.78, 5) is 0. The minimum atomic E-state index is 0. The molecule has 1 saturated carbocycles. The first-order valence-corrected chi connectivity index (χ1v) is 5.70. The van der Waals surface area contributed by atoms with E-state index in [1.165, 1.54) is 19.3 Å². The lowest BCUT2D eigenvalue weighted by atomic mass is 9.79. The maximum absolute atomic E-state index is 2.46. The Morgan fingerprint density at radius 1 is 1.33 bits per heavy atom. The molecule has 1 fully saturated rings. The lowest BCUT2D eigenvalue weighted by Gasteiger charge is -2.26. The average molecular weight is 204 g/mol. The van der Waals surface area contributed by atoms with Gasteiger partial charge in [-0.15, -0.1) is 0 Å². The summed E-state index contributed by atoms with van der Waals surface area (Å²) in [6, 6.07) is 0. The molecule has 2 aliphatic carbocycles. The average Bonchev–Trinajstić information content (AvgIpc) is 2.23. The Kier molecular flexibility index (Phi) is 3.59. The Bertz CT molecular complexity index is 313. The molecule has 15 heavy (non-hydrogen) atoms. The molecule has 0 aromatic heterocycles. The Balaban J connectivity index is 0.00000112. The van der Waals surface area contributed by atoms with Crippen molar-refractivity contribution < 1.29 is 0 Å². The molecule has 84 valence electrons. The van der Waals surface area contributed by atoms with Crippen molar-refractivity contribution in [2.24, 2.45) is 11.3 Å². The minimum Gasteiger partial charge on any atom is -0.0776 e. The number of allylic oxidation sites excluding steroid dienone is 6. The fourth-order valence-corrected chi connectivity index (χ4v) is 2.54. The van der Waals surface area contributed by atoms with E-state index in [0.717, 1.165) is 5.92 Å². The van der Waals surface area contributed by atoms with Crippen LogP contribution in [0.2, 0.25) is 0 Å². The zero-order valence-electron chi connectivity index (χ0n) is 9.51. The van der Waals surface area contributed by atoms with Gasteiger partial charge in [-0.1, -0.05) is 52.5 Å². The van der Waals surface area contributed by atoms with E-state index in [2.05, 4.69) is 45.1 Å². The van der Waals surface area contributed by atoms with Crippen LogP contribution < -0.4 is 0 Å². The molecule has 0 bridgehead atoms. The highest BCUT2D eigenvalue weighted by molar-refractivity contribution is 5.41. The molecule has 0 heterocycles. The second-order valence-corrected chi connectivity index (χ2v) is 5.27. The van der Waals surface area contributed by atoms with Gasteiger partial charge in [0.1, 0.15) is 0 Å². The van der Waals surface area contributed by atoms with Crippen molar-refractivity contribution in [3.63, 3.8) is 0 Å². The van der Waals surface area contributed by atoms with Crippen LogP contribution in [-0.4, -0.2) is 0 Å². The zero-order chi connectivity index (χ0) is 10.2. The van der Waals surface area contributed by atoms with Crippen LogP contribution in [0.25, 0.3) is 0 Å². The molecule has 0 saturated heterocycles. The highest BCUT2D eigenvalue weighted by Crippen LogP contribution is 2.38. The van der Waals surface area contributed by atoms with E-state index in [-0.39, 0.29) is 12.8 Å². The van der Waals surface area contributed by atoms with E-state index in [4.69, 9.17) is 0 Å². The van der Waals surface area contributed by atoms with Crippen LogP contribution in [0.1, 0.15) is 47.5 Å². The summed E-state index contributed by atoms with van der Waals surface area (Å²) in [5, 5.41) is 0. The van der Waals surface area contributed by atoms with Crippen molar-refractivity contribution in [1.29, 1.82) is 0 Å². The zero-order valence-corrected chi connectivity index (χ0v) is 9.51. The lowest BCUT2D eigenvalue weighted by molar-refractivity contribution is 0.530. The molecule has 0 amide bonds. The predicted molar refractivity (Wildman–Crippen MR) is 68.8 cm³/mol. The van der Waals surface area contributed by atoms with Gasteiger partial charge < -0.3 is 0 Å². The SMILES string of the molecule is C.CC1CCCC2=CC(C)(C)C=CC=C21. The summed E-state index contributed by atoms with van der Waals surface area (Å²) < 4.78 is 0. The quantitative estimate of drug-likeness (QED) is 0.527. The van der Waals surface area contributed by atoms with Crippen molar-refractivity contribution in [3.05, 3.63) is 35.5 Å².